The van der Waals surface area contributed by atoms with Crippen LogP contribution in [-0.2, 0) is 0 Å². The summed E-state index contributed by atoms with van der Waals surface area (Å²) in [6.45, 7) is 4.06. The Morgan fingerprint density at radius 1 is 1.17 bits per heavy atom. The Morgan fingerprint density at radius 2 is 1.83 bits per heavy atom. The summed E-state index contributed by atoms with van der Waals surface area (Å²) in [5, 5.41) is 12.5. The first kappa shape index (κ1) is 13.1. The van der Waals surface area contributed by atoms with Crippen molar-refractivity contribution in [1.82, 2.24) is 5.32 Å². The molecule has 0 saturated heterocycles. The SMILES string of the molecule is Cc1ccc(C(=O)NC2CCC(O)CC2)cc1C. The predicted molar refractivity (Wildman–Crippen MR) is 71.6 cm³/mol. The Bertz CT molecular complexity index is 434. The maximum absolute atomic E-state index is 12.1. The van der Waals surface area contributed by atoms with Gasteiger partial charge in [0.2, 0.25) is 0 Å². The van der Waals surface area contributed by atoms with Gasteiger partial charge in [-0.05, 0) is 62.8 Å². The molecule has 3 nitrogen and oxygen atoms in total. The number of aliphatic hydroxyl groups is 1. The van der Waals surface area contributed by atoms with Crippen molar-refractivity contribution in [3.05, 3.63) is 34.9 Å². The molecule has 0 atom stereocenters. The molecule has 98 valence electrons. The van der Waals surface area contributed by atoms with Gasteiger partial charge in [0, 0.05) is 11.6 Å². The topological polar surface area (TPSA) is 49.3 Å². The minimum atomic E-state index is -0.181. The van der Waals surface area contributed by atoms with Crippen LogP contribution in [-0.4, -0.2) is 23.2 Å². The van der Waals surface area contributed by atoms with E-state index in [-0.39, 0.29) is 18.1 Å². The average Bonchev–Trinajstić information content (AvgIpc) is 2.35. The zero-order chi connectivity index (χ0) is 13.1. The molecule has 1 saturated carbocycles. The number of rotatable bonds is 2. The molecule has 0 aliphatic heterocycles. The second-order valence-corrected chi connectivity index (χ2v) is 5.28. The van der Waals surface area contributed by atoms with Gasteiger partial charge >= 0.3 is 0 Å². The van der Waals surface area contributed by atoms with Crippen molar-refractivity contribution in [2.24, 2.45) is 0 Å². The summed E-state index contributed by atoms with van der Waals surface area (Å²) in [4.78, 5) is 12.1. The lowest BCUT2D eigenvalue weighted by molar-refractivity contribution is 0.0867. The molecule has 0 unspecified atom stereocenters. The van der Waals surface area contributed by atoms with Crippen LogP contribution in [0.1, 0.15) is 47.2 Å². The van der Waals surface area contributed by atoms with Gasteiger partial charge in [0.1, 0.15) is 0 Å². The van der Waals surface area contributed by atoms with Crippen LogP contribution in [0, 0.1) is 13.8 Å². The van der Waals surface area contributed by atoms with Crippen molar-refractivity contribution in [3.8, 4) is 0 Å². The molecule has 0 spiro atoms. The van der Waals surface area contributed by atoms with Gasteiger partial charge in [-0.3, -0.25) is 4.79 Å². The molecule has 0 aromatic heterocycles. The van der Waals surface area contributed by atoms with Crippen molar-refractivity contribution in [1.29, 1.82) is 0 Å². The number of carbonyl (C=O) groups excluding carboxylic acids is 1. The lowest BCUT2D eigenvalue weighted by atomic mass is 9.93. The standard InChI is InChI=1S/C15H21NO2/c1-10-3-4-12(9-11(10)2)15(18)16-13-5-7-14(17)8-6-13/h3-4,9,13-14,17H,5-8H2,1-2H3,(H,16,18). The molecule has 0 bridgehead atoms. The molecule has 1 amide bonds. The lowest BCUT2D eigenvalue weighted by Gasteiger charge is -2.26. The number of aryl methyl sites for hydroxylation is 2. The third kappa shape index (κ3) is 3.10. The van der Waals surface area contributed by atoms with Crippen LogP contribution in [0.25, 0.3) is 0 Å². The smallest absolute Gasteiger partial charge is 0.251 e. The average molecular weight is 247 g/mol. The zero-order valence-electron chi connectivity index (χ0n) is 11.1. The third-order valence-corrected chi connectivity index (χ3v) is 3.80. The van der Waals surface area contributed by atoms with E-state index in [2.05, 4.69) is 5.32 Å². The predicted octanol–water partition coefficient (Wildman–Crippen LogP) is 2.34. The van der Waals surface area contributed by atoms with E-state index in [0.29, 0.717) is 0 Å². The van der Waals surface area contributed by atoms with Crippen LogP contribution in [0.15, 0.2) is 18.2 Å². The Labute approximate surface area is 108 Å². The van der Waals surface area contributed by atoms with Crippen LogP contribution in [0.2, 0.25) is 0 Å². The molecule has 1 aliphatic carbocycles. The Morgan fingerprint density at radius 3 is 2.44 bits per heavy atom. The maximum Gasteiger partial charge on any atom is 0.251 e. The van der Waals surface area contributed by atoms with E-state index in [1.807, 2.05) is 32.0 Å². The van der Waals surface area contributed by atoms with E-state index < -0.39 is 0 Å². The van der Waals surface area contributed by atoms with E-state index in [1.54, 1.807) is 0 Å². The summed E-state index contributed by atoms with van der Waals surface area (Å²) >= 11 is 0. The number of benzene rings is 1. The highest BCUT2D eigenvalue weighted by molar-refractivity contribution is 5.94. The number of aliphatic hydroxyl groups excluding tert-OH is 1. The van der Waals surface area contributed by atoms with Crippen LogP contribution in [0.3, 0.4) is 0 Å². The second-order valence-electron chi connectivity index (χ2n) is 5.28. The second kappa shape index (κ2) is 5.53. The van der Waals surface area contributed by atoms with E-state index in [1.165, 1.54) is 5.56 Å². The summed E-state index contributed by atoms with van der Waals surface area (Å²) in [7, 11) is 0. The van der Waals surface area contributed by atoms with Gasteiger partial charge in [-0.2, -0.15) is 0 Å². The summed E-state index contributed by atoms with van der Waals surface area (Å²) < 4.78 is 0. The van der Waals surface area contributed by atoms with Crippen molar-refractivity contribution >= 4 is 5.91 Å². The first-order valence-corrected chi connectivity index (χ1v) is 6.62. The molecule has 1 aliphatic rings. The molecule has 0 radical (unpaired) electrons. The number of amides is 1. The fourth-order valence-corrected chi connectivity index (χ4v) is 2.37. The number of nitrogens with one attached hydrogen (secondary N) is 1. The minimum absolute atomic E-state index is 0.000472. The molecule has 2 rings (SSSR count). The van der Waals surface area contributed by atoms with Gasteiger partial charge in [-0.25, -0.2) is 0 Å². The van der Waals surface area contributed by atoms with Crippen molar-refractivity contribution < 1.29 is 9.90 Å². The quantitative estimate of drug-likeness (QED) is 0.842. The third-order valence-electron chi connectivity index (χ3n) is 3.80. The van der Waals surface area contributed by atoms with Crippen molar-refractivity contribution in [3.63, 3.8) is 0 Å². The highest BCUT2D eigenvalue weighted by Crippen LogP contribution is 2.19. The van der Waals surface area contributed by atoms with Crippen molar-refractivity contribution in [2.75, 3.05) is 0 Å². The summed E-state index contributed by atoms with van der Waals surface area (Å²) in [5.74, 6) is -0.000472. The fraction of sp³-hybridized carbons (Fsp3) is 0.533. The van der Waals surface area contributed by atoms with Crippen molar-refractivity contribution in [2.45, 2.75) is 51.7 Å². The monoisotopic (exact) mass is 247 g/mol. The Balaban J connectivity index is 1.97. The molecule has 1 aromatic rings. The van der Waals surface area contributed by atoms with E-state index in [4.69, 9.17) is 0 Å². The maximum atomic E-state index is 12.1. The normalized spacial score (nSPS) is 23.7. The number of hydrogen-bond donors (Lipinski definition) is 2. The van der Waals surface area contributed by atoms with Crippen LogP contribution in [0.4, 0.5) is 0 Å². The molecular formula is C15H21NO2. The van der Waals surface area contributed by atoms with Gasteiger partial charge in [0.05, 0.1) is 6.10 Å². The molecule has 0 heterocycles. The first-order chi connectivity index (χ1) is 8.56. The Kier molecular flexibility index (Phi) is 4.02. The largest absolute Gasteiger partial charge is 0.393 e. The molecular weight excluding hydrogens is 226 g/mol. The van der Waals surface area contributed by atoms with Crippen LogP contribution >= 0.6 is 0 Å². The highest BCUT2D eigenvalue weighted by atomic mass is 16.3. The number of carbonyl (C=O) groups is 1. The summed E-state index contributed by atoms with van der Waals surface area (Å²) in [5.41, 5.74) is 3.07. The summed E-state index contributed by atoms with van der Waals surface area (Å²) in [6.07, 6.45) is 3.14. The molecule has 1 fully saturated rings. The molecule has 3 heteroatoms. The van der Waals surface area contributed by atoms with E-state index in [9.17, 15) is 9.90 Å². The van der Waals surface area contributed by atoms with Gasteiger partial charge < -0.3 is 10.4 Å². The van der Waals surface area contributed by atoms with Crippen LogP contribution in [0.5, 0.6) is 0 Å². The minimum Gasteiger partial charge on any atom is -0.393 e. The fourth-order valence-electron chi connectivity index (χ4n) is 2.37. The Hall–Kier alpha value is -1.35. The van der Waals surface area contributed by atoms with Gasteiger partial charge in [-0.15, -0.1) is 0 Å². The summed E-state index contributed by atoms with van der Waals surface area (Å²) in [6, 6.07) is 5.99. The molecule has 1 aromatic carbocycles. The van der Waals surface area contributed by atoms with Crippen LogP contribution < -0.4 is 5.32 Å². The highest BCUT2D eigenvalue weighted by Gasteiger charge is 2.21. The van der Waals surface area contributed by atoms with E-state index >= 15 is 0 Å². The lowest BCUT2D eigenvalue weighted by Crippen LogP contribution is -2.38. The van der Waals surface area contributed by atoms with Gasteiger partial charge in [-0.1, -0.05) is 6.07 Å². The van der Waals surface area contributed by atoms with E-state index in [0.717, 1.165) is 36.8 Å². The van der Waals surface area contributed by atoms with Gasteiger partial charge in [0.15, 0.2) is 0 Å². The number of hydrogen-bond acceptors (Lipinski definition) is 2. The van der Waals surface area contributed by atoms with Gasteiger partial charge in [0.25, 0.3) is 5.91 Å². The first-order valence-electron chi connectivity index (χ1n) is 6.62. The zero-order valence-corrected chi connectivity index (χ0v) is 11.1. The molecule has 2 N–H and O–H groups in total. The molecule has 18 heavy (non-hydrogen) atoms.